The van der Waals surface area contributed by atoms with E-state index in [4.69, 9.17) is 0 Å². The monoisotopic (exact) mass is 643 g/mol. The second-order valence-corrected chi connectivity index (χ2v) is 7.89. The van der Waals surface area contributed by atoms with E-state index in [0.29, 0.717) is 12.1 Å². The number of nitrogens with one attached hydrogen (secondary N) is 1. The van der Waals surface area contributed by atoms with Crippen molar-refractivity contribution >= 4 is 18.4 Å². The number of halogens is 2. The zero-order chi connectivity index (χ0) is 22.2. The summed E-state index contributed by atoms with van der Waals surface area (Å²) in [4.78, 5) is 9.34. The fraction of sp³-hybridized carbons (Fsp3) is 0.714. The molecule has 0 aliphatic carbocycles. The second-order valence-electron chi connectivity index (χ2n) is 7.89. The molecule has 3 rings (SSSR count). The Morgan fingerprint density at radius 1 is 0.767 bits per heavy atom. The SMILES string of the molecule is CCCCN1C=CN(CC2CCC[C@H](CN3C=CN(CCCC)[CH-]3)N2)[CH-]1.[Cl][Ag].[Cl][Ag]. The van der Waals surface area contributed by atoms with Gasteiger partial charge in [0.05, 0.1) is 0 Å². The van der Waals surface area contributed by atoms with Crippen molar-refractivity contribution in [2.45, 2.75) is 70.9 Å². The zero-order valence-corrected chi connectivity index (χ0v) is 22.5. The van der Waals surface area contributed by atoms with E-state index < -0.39 is 0 Å². The van der Waals surface area contributed by atoms with Crippen molar-refractivity contribution in [3.63, 3.8) is 0 Å². The van der Waals surface area contributed by atoms with Gasteiger partial charge in [0, 0.05) is 25.2 Å². The average molecular weight is 646 g/mol. The third kappa shape index (κ3) is 11.0. The molecule has 3 heterocycles. The Morgan fingerprint density at radius 2 is 1.17 bits per heavy atom. The molecule has 9 heteroatoms. The first-order valence-electron chi connectivity index (χ1n) is 10.8. The third-order valence-corrected chi connectivity index (χ3v) is 5.47. The van der Waals surface area contributed by atoms with E-state index in [2.05, 4.69) is 135 Å². The van der Waals surface area contributed by atoms with Crippen LogP contribution in [-0.2, 0) is 40.0 Å². The van der Waals surface area contributed by atoms with Crippen LogP contribution in [0.2, 0.25) is 0 Å². The Balaban J connectivity index is 0.00000106. The van der Waals surface area contributed by atoms with Crippen LogP contribution in [0.4, 0.5) is 0 Å². The average Bonchev–Trinajstić information content (AvgIpc) is 3.43. The Kier molecular flexibility index (Phi) is 17.4. The summed E-state index contributed by atoms with van der Waals surface area (Å²) < 4.78 is 0. The molecule has 0 amide bonds. The van der Waals surface area contributed by atoms with Gasteiger partial charge in [0.2, 0.25) is 0 Å². The van der Waals surface area contributed by atoms with E-state index in [1.807, 2.05) is 0 Å². The predicted molar refractivity (Wildman–Crippen MR) is 120 cm³/mol. The Bertz CT molecular complexity index is 444. The molecule has 184 valence electrons. The molecule has 5 nitrogen and oxygen atoms in total. The summed E-state index contributed by atoms with van der Waals surface area (Å²) in [6, 6.07) is 1.17. The summed E-state index contributed by atoms with van der Waals surface area (Å²) in [6.07, 6.45) is 17.8. The molecule has 0 aromatic heterocycles. The molecule has 3 aliphatic rings. The van der Waals surface area contributed by atoms with Crippen molar-refractivity contribution in [3.05, 3.63) is 38.1 Å². The van der Waals surface area contributed by atoms with Crippen molar-refractivity contribution in [1.29, 1.82) is 0 Å². The van der Waals surface area contributed by atoms with Crippen LogP contribution < -0.4 is 5.32 Å². The number of nitrogens with zero attached hydrogens (tertiary/aromatic N) is 4. The molecule has 1 unspecified atom stereocenters. The number of unbranched alkanes of at least 4 members (excludes halogenated alkanes) is 2. The first-order valence-corrected chi connectivity index (χ1v) is 14.7. The summed E-state index contributed by atoms with van der Waals surface area (Å²) in [6.45, 7) is 13.5. The minimum absolute atomic E-state index is 0.587. The molecule has 0 aromatic carbocycles. The van der Waals surface area contributed by atoms with Gasteiger partial charge in [-0.3, -0.25) is 0 Å². The van der Waals surface area contributed by atoms with Gasteiger partial charge < -0.3 is 24.9 Å². The van der Waals surface area contributed by atoms with Gasteiger partial charge in [0.25, 0.3) is 0 Å². The summed E-state index contributed by atoms with van der Waals surface area (Å²) in [5.74, 6) is 0. The van der Waals surface area contributed by atoms with E-state index in [-0.39, 0.29) is 0 Å². The van der Waals surface area contributed by atoms with E-state index in [9.17, 15) is 0 Å². The van der Waals surface area contributed by atoms with Crippen LogP contribution in [0.5, 0.6) is 0 Å². The topological polar surface area (TPSA) is 25.0 Å². The van der Waals surface area contributed by atoms with Gasteiger partial charge in [0.1, 0.15) is 0 Å². The van der Waals surface area contributed by atoms with Gasteiger partial charge in [-0.05, 0) is 63.6 Å². The summed E-state index contributed by atoms with van der Waals surface area (Å²) >= 11 is 4.84. The molecule has 2 atom stereocenters. The maximum absolute atomic E-state index is 4.45. The van der Waals surface area contributed by atoms with Crippen LogP contribution in [0, 0.1) is 13.3 Å². The maximum atomic E-state index is 4.45. The van der Waals surface area contributed by atoms with Crippen molar-refractivity contribution < 1.29 is 40.0 Å². The van der Waals surface area contributed by atoms with Crippen molar-refractivity contribution in [3.8, 4) is 0 Å². The summed E-state index contributed by atoms with van der Waals surface area (Å²) in [7, 11) is 8.90. The number of piperidine rings is 1. The number of hydrogen-bond acceptors (Lipinski definition) is 5. The van der Waals surface area contributed by atoms with E-state index in [1.54, 1.807) is 0 Å². The molecule has 0 bridgehead atoms. The standard InChI is InChI=1S/C21H37N5.2Ag.2ClH/c1-3-5-10-23-12-14-25(18-23)16-20-8-7-9-21(22-20)17-26-15-13-24(19-26)11-6-4-2;;;;/h12-15,18-22H,3-11,16-17H2,1-2H3;;;2*1H/q-2;2*+1;;/p-2/t20-,21?;;;;/m1..../s1. The van der Waals surface area contributed by atoms with Crippen molar-refractivity contribution in [2.24, 2.45) is 0 Å². The molecule has 0 spiro atoms. The summed E-state index contributed by atoms with van der Waals surface area (Å²) in [5, 5.41) is 3.90. The Morgan fingerprint density at radius 3 is 1.57 bits per heavy atom. The molecule has 0 saturated carbocycles. The van der Waals surface area contributed by atoms with Crippen LogP contribution in [0.1, 0.15) is 58.8 Å². The molecular weight excluding hydrogens is 609 g/mol. The summed E-state index contributed by atoms with van der Waals surface area (Å²) in [5.41, 5.74) is 0. The van der Waals surface area contributed by atoms with Gasteiger partial charge in [-0.2, -0.15) is 13.3 Å². The molecule has 0 radical (unpaired) electrons. The molecule has 1 saturated heterocycles. The fourth-order valence-electron chi connectivity index (χ4n) is 3.95. The second kappa shape index (κ2) is 18.2. The molecule has 3 aliphatic heterocycles. The van der Waals surface area contributed by atoms with Crippen LogP contribution in [-0.4, -0.2) is 57.9 Å². The first-order chi connectivity index (χ1) is 14.8. The van der Waals surface area contributed by atoms with E-state index in [1.165, 1.54) is 44.9 Å². The number of rotatable bonds is 10. The Hall–Kier alpha value is 0.701. The van der Waals surface area contributed by atoms with Crippen LogP contribution in [0.3, 0.4) is 0 Å². The van der Waals surface area contributed by atoms with Gasteiger partial charge in [-0.1, -0.05) is 33.1 Å². The van der Waals surface area contributed by atoms with Crippen molar-refractivity contribution in [2.75, 3.05) is 26.2 Å². The first kappa shape index (κ1) is 28.7. The van der Waals surface area contributed by atoms with Crippen LogP contribution >= 0.6 is 18.4 Å². The molecule has 0 aromatic rings. The quantitative estimate of drug-likeness (QED) is 0.270. The predicted octanol–water partition coefficient (Wildman–Crippen LogP) is 4.89. The zero-order valence-electron chi connectivity index (χ0n) is 18.0. The van der Waals surface area contributed by atoms with Crippen LogP contribution in [0.25, 0.3) is 0 Å². The molecule has 30 heavy (non-hydrogen) atoms. The van der Waals surface area contributed by atoms with E-state index >= 15 is 0 Å². The Labute approximate surface area is 217 Å². The van der Waals surface area contributed by atoms with Gasteiger partial charge in [0.15, 0.2) is 0 Å². The normalized spacial score (nSPS) is 22.8. The molecular formula is C21H37Ag2Cl2N5-2. The number of hydrogen-bond donors (Lipinski definition) is 1. The minimum atomic E-state index is 0.587. The van der Waals surface area contributed by atoms with Gasteiger partial charge >= 0.3 is 58.4 Å². The van der Waals surface area contributed by atoms with Crippen LogP contribution in [0.15, 0.2) is 24.8 Å². The van der Waals surface area contributed by atoms with Gasteiger partial charge in [-0.15, -0.1) is 0 Å². The van der Waals surface area contributed by atoms with Gasteiger partial charge in [-0.25, -0.2) is 0 Å². The fourth-order valence-corrected chi connectivity index (χ4v) is 3.95. The molecule has 1 fully saturated rings. The van der Waals surface area contributed by atoms with Crippen molar-refractivity contribution in [1.82, 2.24) is 24.9 Å². The molecule has 1 N–H and O–H groups in total. The van der Waals surface area contributed by atoms with E-state index in [0.717, 1.165) is 26.2 Å². The third-order valence-electron chi connectivity index (χ3n) is 5.47.